The predicted molar refractivity (Wildman–Crippen MR) is 70.4 cm³/mol. The summed E-state index contributed by atoms with van der Waals surface area (Å²) in [5.74, 6) is -0.964. The summed E-state index contributed by atoms with van der Waals surface area (Å²) in [6, 6.07) is 9.26. The van der Waals surface area contributed by atoms with E-state index in [2.05, 4.69) is 0 Å². The van der Waals surface area contributed by atoms with Crippen molar-refractivity contribution in [3.8, 4) is 0 Å². The number of aliphatic carboxylic acids is 1. The van der Waals surface area contributed by atoms with Crippen LogP contribution >= 0.6 is 0 Å². The third-order valence-corrected chi connectivity index (χ3v) is 2.37. The Balaban J connectivity index is 0. The minimum Gasteiger partial charge on any atom is -1.00 e. The number of carboxylic acids is 1. The zero-order valence-electron chi connectivity index (χ0n) is 12.0. The third kappa shape index (κ3) is 10.7. The minimum absolute atomic E-state index is 0. The molecule has 20 heavy (non-hydrogen) atoms. The standard InChI is InChI=1S/C12H18NO2.C2H4O2.BrH/c1-13(2,8-9-14)10-12(15)11-6-4-3-5-7-11;1-2(3)4;/h3-7,14H,8-10H2,1-2H3;1H3,(H,3,4);1H/q+1;;/p-2. The molecule has 0 saturated heterocycles. The van der Waals surface area contributed by atoms with Crippen molar-refractivity contribution < 1.29 is 41.3 Å². The molecule has 0 aliphatic carbocycles. The van der Waals surface area contributed by atoms with Crippen LogP contribution in [0.3, 0.4) is 0 Å². The highest BCUT2D eigenvalue weighted by molar-refractivity contribution is 5.96. The number of quaternary nitrogens is 1. The average Bonchev–Trinajstić information content (AvgIpc) is 2.28. The summed E-state index contributed by atoms with van der Waals surface area (Å²) in [7, 11) is 3.88. The van der Waals surface area contributed by atoms with Crippen LogP contribution in [-0.2, 0) is 4.79 Å². The number of hydrogen-bond donors (Lipinski definition) is 1. The van der Waals surface area contributed by atoms with Gasteiger partial charge in [0.15, 0.2) is 0 Å². The summed E-state index contributed by atoms with van der Waals surface area (Å²) >= 11 is 0. The number of Topliss-reactive ketones (excluding diaryl/α,β-unsaturated/α-hetero) is 1. The fraction of sp³-hybridized carbons (Fsp3) is 0.429. The second-order valence-electron chi connectivity index (χ2n) is 4.82. The molecule has 0 radical (unpaired) electrons. The molecule has 0 atom stereocenters. The number of hydrogen-bond acceptors (Lipinski definition) is 4. The number of halogens is 1. The Hall–Kier alpha value is -1.24. The molecule has 0 bridgehead atoms. The average molecular weight is 347 g/mol. The highest BCUT2D eigenvalue weighted by Gasteiger charge is 2.19. The number of aliphatic hydroxyl groups is 1. The zero-order chi connectivity index (χ0) is 14.9. The van der Waals surface area contributed by atoms with Gasteiger partial charge in [-0.05, 0) is 6.92 Å². The molecule has 1 aromatic carbocycles. The molecule has 1 N–H and O–H groups in total. The van der Waals surface area contributed by atoms with Crippen LogP contribution in [0.5, 0.6) is 0 Å². The zero-order valence-corrected chi connectivity index (χ0v) is 13.6. The Bertz CT molecular complexity index is 403. The van der Waals surface area contributed by atoms with Crippen molar-refractivity contribution in [3.63, 3.8) is 0 Å². The van der Waals surface area contributed by atoms with Gasteiger partial charge in [-0.25, -0.2) is 0 Å². The molecule has 0 fully saturated rings. The molecule has 5 nitrogen and oxygen atoms in total. The number of carboxylic acid groups (broad SMARTS) is 1. The molecule has 0 aliphatic rings. The number of nitrogens with zero attached hydrogens (tertiary/aromatic N) is 1. The lowest BCUT2D eigenvalue weighted by atomic mass is 10.1. The molecule has 0 heterocycles. The Morgan fingerprint density at radius 2 is 1.65 bits per heavy atom. The normalized spacial score (nSPS) is 9.80. The van der Waals surface area contributed by atoms with Gasteiger partial charge < -0.3 is 36.5 Å². The van der Waals surface area contributed by atoms with Gasteiger partial charge in [-0.3, -0.25) is 4.79 Å². The molecule has 0 spiro atoms. The molecule has 0 aliphatic heterocycles. The largest absolute Gasteiger partial charge is 1.00 e. The Kier molecular flexibility index (Phi) is 11.1. The van der Waals surface area contributed by atoms with Gasteiger partial charge in [-0.15, -0.1) is 0 Å². The van der Waals surface area contributed by atoms with E-state index in [-0.39, 0.29) is 29.4 Å². The van der Waals surface area contributed by atoms with E-state index in [1.165, 1.54) is 0 Å². The van der Waals surface area contributed by atoms with E-state index in [0.717, 1.165) is 12.5 Å². The smallest absolute Gasteiger partial charge is 0.216 e. The van der Waals surface area contributed by atoms with Gasteiger partial charge >= 0.3 is 0 Å². The van der Waals surface area contributed by atoms with Crippen LogP contribution in [0.15, 0.2) is 30.3 Å². The molecule has 0 saturated carbocycles. The predicted octanol–water partition coefficient (Wildman–Crippen LogP) is -3.30. The first kappa shape index (κ1) is 21.1. The number of ketones is 1. The monoisotopic (exact) mass is 346 g/mol. The van der Waals surface area contributed by atoms with E-state index in [9.17, 15) is 4.79 Å². The number of rotatable bonds is 5. The molecule has 0 unspecified atom stereocenters. The van der Waals surface area contributed by atoms with Crippen LogP contribution < -0.4 is 22.1 Å². The van der Waals surface area contributed by atoms with Gasteiger partial charge in [0.1, 0.15) is 13.1 Å². The number of carbonyl (C=O) groups is 2. The molecule has 0 aromatic heterocycles. The second-order valence-corrected chi connectivity index (χ2v) is 4.82. The summed E-state index contributed by atoms with van der Waals surface area (Å²) < 4.78 is 0.518. The van der Waals surface area contributed by atoms with Crippen LogP contribution in [0.25, 0.3) is 0 Å². The van der Waals surface area contributed by atoms with Crippen LogP contribution in [0, 0.1) is 0 Å². The summed E-state index contributed by atoms with van der Waals surface area (Å²) in [5, 5.41) is 17.7. The number of benzene rings is 1. The van der Waals surface area contributed by atoms with Crippen molar-refractivity contribution >= 4 is 11.8 Å². The summed E-state index contributed by atoms with van der Waals surface area (Å²) in [4.78, 5) is 20.7. The number of aliphatic hydroxyl groups excluding tert-OH is 1. The lowest BCUT2D eigenvalue weighted by molar-refractivity contribution is -0.882. The Morgan fingerprint density at radius 3 is 2.05 bits per heavy atom. The van der Waals surface area contributed by atoms with Crippen molar-refractivity contribution in [1.82, 2.24) is 0 Å². The van der Waals surface area contributed by atoms with Crippen molar-refractivity contribution in [1.29, 1.82) is 0 Å². The summed E-state index contributed by atoms with van der Waals surface area (Å²) in [6.45, 7) is 2.10. The van der Waals surface area contributed by atoms with Crippen molar-refractivity contribution in [2.45, 2.75) is 6.92 Å². The first-order valence-corrected chi connectivity index (χ1v) is 5.97. The second kappa shape index (κ2) is 10.5. The first-order valence-electron chi connectivity index (χ1n) is 5.97. The molecule has 6 heteroatoms. The quantitative estimate of drug-likeness (QED) is 0.447. The van der Waals surface area contributed by atoms with Gasteiger partial charge in [-0.1, -0.05) is 30.3 Å². The fourth-order valence-corrected chi connectivity index (χ4v) is 1.45. The van der Waals surface area contributed by atoms with E-state index in [0.29, 0.717) is 17.6 Å². The third-order valence-electron chi connectivity index (χ3n) is 2.37. The maximum atomic E-state index is 11.8. The van der Waals surface area contributed by atoms with Crippen molar-refractivity contribution in [2.24, 2.45) is 0 Å². The lowest BCUT2D eigenvalue weighted by Gasteiger charge is -2.27. The molecule has 114 valence electrons. The van der Waals surface area contributed by atoms with E-state index in [4.69, 9.17) is 15.0 Å². The first-order chi connectivity index (χ1) is 8.78. The van der Waals surface area contributed by atoms with Crippen LogP contribution in [0.2, 0.25) is 0 Å². The number of likely N-dealkylation sites (N-methyl/N-ethyl adjacent to an activating group) is 1. The van der Waals surface area contributed by atoms with Crippen molar-refractivity contribution in [2.75, 3.05) is 33.8 Å². The highest BCUT2D eigenvalue weighted by Crippen LogP contribution is 2.04. The fourth-order valence-electron chi connectivity index (χ4n) is 1.45. The minimum atomic E-state index is -1.08. The molecule has 1 rings (SSSR count). The van der Waals surface area contributed by atoms with Crippen LogP contribution in [0.1, 0.15) is 17.3 Å². The highest BCUT2D eigenvalue weighted by atomic mass is 79.9. The van der Waals surface area contributed by atoms with Gasteiger partial charge in [0.25, 0.3) is 0 Å². The van der Waals surface area contributed by atoms with E-state index in [1.54, 1.807) is 0 Å². The topological polar surface area (TPSA) is 77.4 Å². The number of carbonyl (C=O) groups excluding carboxylic acids is 2. The van der Waals surface area contributed by atoms with Gasteiger partial charge in [0.05, 0.1) is 20.7 Å². The molecule has 1 aromatic rings. The van der Waals surface area contributed by atoms with Gasteiger partial charge in [0, 0.05) is 11.5 Å². The molecular formula is C14H21BrNO4-. The maximum absolute atomic E-state index is 11.8. The Morgan fingerprint density at radius 1 is 1.20 bits per heavy atom. The van der Waals surface area contributed by atoms with E-state index < -0.39 is 5.97 Å². The van der Waals surface area contributed by atoms with Crippen LogP contribution in [0.4, 0.5) is 0 Å². The molecular weight excluding hydrogens is 326 g/mol. The van der Waals surface area contributed by atoms with Gasteiger partial charge in [0.2, 0.25) is 5.78 Å². The van der Waals surface area contributed by atoms with Crippen molar-refractivity contribution in [3.05, 3.63) is 35.9 Å². The van der Waals surface area contributed by atoms with E-state index >= 15 is 0 Å². The van der Waals surface area contributed by atoms with E-state index in [1.807, 2.05) is 44.4 Å². The summed E-state index contributed by atoms with van der Waals surface area (Å²) in [5.41, 5.74) is 0.738. The summed E-state index contributed by atoms with van der Waals surface area (Å²) in [6.07, 6.45) is 0. The maximum Gasteiger partial charge on any atom is 0.216 e. The Labute approximate surface area is 130 Å². The lowest BCUT2D eigenvalue weighted by Crippen LogP contribution is -3.00. The SMILES string of the molecule is CC(=O)[O-].C[N+](C)(CCO)CC(=O)c1ccccc1.[Br-]. The van der Waals surface area contributed by atoms with Gasteiger partial charge in [-0.2, -0.15) is 0 Å². The van der Waals surface area contributed by atoms with Crippen LogP contribution in [-0.4, -0.2) is 55.1 Å². The molecule has 0 amide bonds.